The van der Waals surface area contributed by atoms with Gasteiger partial charge in [-0.25, -0.2) is 0 Å². The van der Waals surface area contributed by atoms with Crippen molar-refractivity contribution >= 4 is 23.4 Å². The number of carbonyl (C=O) groups excluding carboxylic acids is 2. The molecule has 1 aliphatic heterocycles. The molecule has 0 aliphatic carbocycles. The third-order valence-corrected chi connectivity index (χ3v) is 6.57. The van der Waals surface area contributed by atoms with Gasteiger partial charge in [-0.3, -0.25) is 9.59 Å². The van der Waals surface area contributed by atoms with Crippen molar-refractivity contribution in [3.05, 3.63) is 71.8 Å². The maximum atomic E-state index is 13.1. The van der Waals surface area contributed by atoms with Crippen molar-refractivity contribution < 1.29 is 9.59 Å². The van der Waals surface area contributed by atoms with Crippen LogP contribution in [0.1, 0.15) is 36.8 Å². The number of amides is 2. The molecule has 2 amide bonds. The summed E-state index contributed by atoms with van der Waals surface area (Å²) in [7, 11) is 0. The van der Waals surface area contributed by atoms with Crippen molar-refractivity contribution in [1.29, 1.82) is 0 Å². The van der Waals surface area contributed by atoms with Gasteiger partial charge in [0.05, 0.1) is 0 Å². The monoisotopic (exact) mass is 441 g/mol. The largest absolute Gasteiger partial charge is 0.369 e. The minimum Gasteiger partial charge on any atom is -0.369 e. The van der Waals surface area contributed by atoms with Crippen LogP contribution in [0.5, 0.6) is 0 Å². The highest BCUT2D eigenvalue weighted by Crippen LogP contribution is 2.43. The number of halogens is 1. The van der Waals surface area contributed by atoms with Gasteiger partial charge in [0.2, 0.25) is 11.8 Å². The summed E-state index contributed by atoms with van der Waals surface area (Å²) in [5, 5.41) is 2.80. The zero-order valence-corrected chi connectivity index (χ0v) is 18.7. The number of rotatable bonds is 11. The van der Waals surface area contributed by atoms with E-state index in [1.165, 1.54) is 0 Å². The van der Waals surface area contributed by atoms with Gasteiger partial charge in [0.25, 0.3) is 0 Å². The molecule has 1 saturated heterocycles. The molecule has 2 aromatic rings. The highest BCUT2D eigenvalue weighted by atomic mass is 35.5. The normalized spacial score (nSPS) is 16.9. The second-order valence-corrected chi connectivity index (χ2v) is 8.50. The third kappa shape index (κ3) is 5.46. The number of likely N-dealkylation sites (tertiary alicyclic amines) is 1. The lowest BCUT2D eigenvalue weighted by Gasteiger charge is -2.37. The number of hydrogen-bond acceptors (Lipinski definition) is 3. The Morgan fingerprint density at radius 2 is 1.61 bits per heavy atom. The lowest BCUT2D eigenvalue weighted by Crippen LogP contribution is -2.49. The average Bonchev–Trinajstić information content (AvgIpc) is 3.26. The van der Waals surface area contributed by atoms with Crippen molar-refractivity contribution in [2.75, 3.05) is 32.1 Å². The summed E-state index contributed by atoms with van der Waals surface area (Å²) in [5.41, 5.74) is 7.26. The molecule has 0 saturated carbocycles. The quantitative estimate of drug-likeness (QED) is 0.415. The Kier molecular flexibility index (Phi) is 8.50. The van der Waals surface area contributed by atoms with Crippen molar-refractivity contribution in [3.63, 3.8) is 0 Å². The zero-order chi connectivity index (χ0) is 22.1. The summed E-state index contributed by atoms with van der Waals surface area (Å²) in [6.45, 7) is 3.46. The van der Waals surface area contributed by atoms with Gasteiger partial charge in [-0.15, -0.1) is 11.6 Å². The van der Waals surface area contributed by atoms with E-state index in [9.17, 15) is 9.59 Å². The van der Waals surface area contributed by atoms with Crippen LogP contribution < -0.4 is 11.1 Å². The molecule has 2 aromatic carbocycles. The molecule has 1 aliphatic rings. The van der Waals surface area contributed by atoms with E-state index in [0.29, 0.717) is 6.54 Å². The summed E-state index contributed by atoms with van der Waals surface area (Å²) in [6, 6.07) is 19.9. The number of hydrogen-bond donors (Lipinski definition) is 2. The fourth-order valence-electron chi connectivity index (χ4n) is 4.83. The highest BCUT2D eigenvalue weighted by Gasteiger charge is 2.49. The van der Waals surface area contributed by atoms with E-state index in [0.717, 1.165) is 56.4 Å². The summed E-state index contributed by atoms with van der Waals surface area (Å²) >= 11 is 5.49. The molecule has 166 valence electrons. The van der Waals surface area contributed by atoms with Crippen molar-refractivity contribution in [2.45, 2.75) is 31.1 Å². The molecule has 0 spiro atoms. The number of nitrogens with zero attached hydrogens (tertiary/aromatic N) is 1. The number of carbonyl (C=O) groups is 2. The first-order valence-electron chi connectivity index (χ1n) is 11.0. The molecular formula is C25H32ClN3O2. The molecule has 6 heteroatoms. The molecule has 5 nitrogen and oxygen atoms in total. The van der Waals surface area contributed by atoms with Crippen LogP contribution in [-0.4, -0.2) is 48.8 Å². The Balaban J connectivity index is 1.68. The molecule has 1 fully saturated rings. The average molecular weight is 442 g/mol. The Labute approximate surface area is 190 Å². The van der Waals surface area contributed by atoms with Gasteiger partial charge in [-0.05, 0) is 49.4 Å². The zero-order valence-electron chi connectivity index (χ0n) is 17.9. The molecule has 0 bridgehead atoms. The molecular weight excluding hydrogens is 410 g/mol. The SMILES string of the molecule is NC(=O)C(c1ccccc1)(c1ccccc1)[C@@H]1CCN(CCCCCNC(=O)CCl)C1. The fourth-order valence-corrected chi connectivity index (χ4v) is 4.92. The number of nitrogens with one attached hydrogen (secondary N) is 1. The lowest BCUT2D eigenvalue weighted by atomic mass is 9.64. The maximum Gasteiger partial charge on any atom is 0.234 e. The maximum absolute atomic E-state index is 13.1. The second-order valence-electron chi connectivity index (χ2n) is 8.23. The molecule has 3 N–H and O–H groups in total. The predicted molar refractivity (Wildman–Crippen MR) is 125 cm³/mol. The molecule has 31 heavy (non-hydrogen) atoms. The van der Waals surface area contributed by atoms with Crippen LogP contribution in [0.4, 0.5) is 0 Å². The van der Waals surface area contributed by atoms with Crippen LogP contribution in [0, 0.1) is 5.92 Å². The van der Waals surface area contributed by atoms with E-state index in [-0.39, 0.29) is 23.6 Å². The standard InChI is InChI=1S/C25H32ClN3O2/c26-18-23(30)28-15-8-3-9-16-29-17-14-22(19-29)25(24(27)31,20-10-4-1-5-11-20)21-12-6-2-7-13-21/h1-2,4-7,10-13,22H,3,8-9,14-19H2,(H2,27,31)(H,28,30)/t22-/m1/s1. The molecule has 1 heterocycles. The van der Waals surface area contributed by atoms with E-state index < -0.39 is 5.41 Å². The minimum absolute atomic E-state index is 0.0135. The van der Waals surface area contributed by atoms with Crippen LogP contribution in [0.15, 0.2) is 60.7 Å². The second kappa shape index (κ2) is 11.3. The molecule has 0 aromatic heterocycles. The van der Waals surface area contributed by atoms with Crippen LogP contribution in [-0.2, 0) is 15.0 Å². The van der Waals surface area contributed by atoms with Gasteiger partial charge in [0.1, 0.15) is 11.3 Å². The Morgan fingerprint density at radius 3 is 2.16 bits per heavy atom. The Morgan fingerprint density at radius 1 is 1.00 bits per heavy atom. The number of benzene rings is 2. The summed E-state index contributed by atoms with van der Waals surface area (Å²) in [6.07, 6.45) is 3.98. The van der Waals surface area contributed by atoms with E-state index in [1.54, 1.807) is 0 Å². The summed E-state index contributed by atoms with van der Waals surface area (Å²) in [5.74, 6) is -0.266. The van der Waals surface area contributed by atoms with E-state index in [1.807, 2.05) is 60.7 Å². The Bertz CT molecular complexity index is 805. The van der Waals surface area contributed by atoms with Crippen LogP contribution in [0.25, 0.3) is 0 Å². The van der Waals surface area contributed by atoms with Crippen LogP contribution >= 0.6 is 11.6 Å². The van der Waals surface area contributed by atoms with Crippen LogP contribution in [0.3, 0.4) is 0 Å². The van der Waals surface area contributed by atoms with Gasteiger partial charge in [0, 0.05) is 13.1 Å². The van der Waals surface area contributed by atoms with Crippen LogP contribution in [0.2, 0.25) is 0 Å². The van der Waals surface area contributed by atoms with Crippen molar-refractivity contribution in [3.8, 4) is 0 Å². The molecule has 3 rings (SSSR count). The third-order valence-electron chi connectivity index (χ3n) is 6.33. The van der Waals surface area contributed by atoms with E-state index >= 15 is 0 Å². The van der Waals surface area contributed by atoms with E-state index in [4.69, 9.17) is 17.3 Å². The topological polar surface area (TPSA) is 75.4 Å². The number of unbranched alkanes of at least 4 members (excludes halogenated alkanes) is 2. The van der Waals surface area contributed by atoms with Gasteiger partial charge < -0.3 is 16.0 Å². The predicted octanol–water partition coefficient (Wildman–Crippen LogP) is 3.31. The molecule has 1 atom stereocenters. The van der Waals surface area contributed by atoms with E-state index in [2.05, 4.69) is 10.2 Å². The van der Waals surface area contributed by atoms with Gasteiger partial charge in [-0.1, -0.05) is 67.1 Å². The number of alkyl halides is 1. The summed E-state index contributed by atoms with van der Waals surface area (Å²) < 4.78 is 0. The first-order valence-corrected chi connectivity index (χ1v) is 11.6. The first kappa shape index (κ1) is 23.3. The summed E-state index contributed by atoms with van der Waals surface area (Å²) in [4.78, 5) is 26.7. The van der Waals surface area contributed by atoms with Gasteiger partial charge >= 0.3 is 0 Å². The number of primary amides is 1. The van der Waals surface area contributed by atoms with Crippen molar-refractivity contribution in [2.24, 2.45) is 11.7 Å². The first-order chi connectivity index (χ1) is 15.1. The Hall–Kier alpha value is -2.37. The molecule has 0 radical (unpaired) electrons. The fraction of sp³-hybridized carbons (Fsp3) is 0.440. The molecule has 0 unspecified atom stereocenters. The highest BCUT2D eigenvalue weighted by molar-refractivity contribution is 6.27. The number of nitrogens with two attached hydrogens (primary N) is 1. The lowest BCUT2D eigenvalue weighted by molar-refractivity contribution is -0.124. The van der Waals surface area contributed by atoms with Gasteiger partial charge in [-0.2, -0.15) is 0 Å². The smallest absolute Gasteiger partial charge is 0.234 e. The minimum atomic E-state index is -0.830. The van der Waals surface area contributed by atoms with Crippen molar-refractivity contribution in [1.82, 2.24) is 10.2 Å². The van der Waals surface area contributed by atoms with Gasteiger partial charge in [0.15, 0.2) is 0 Å².